The SMILES string of the molecule is Cc1ccc(C)c2c(C(=O)O)cc(C3CCCNC3)nc12. The predicted octanol–water partition coefficient (Wildman–Crippen LogP) is 3.02. The first-order valence-electron chi connectivity index (χ1n) is 7.43. The molecule has 0 aliphatic carbocycles. The van der Waals surface area contributed by atoms with Gasteiger partial charge in [-0.1, -0.05) is 12.1 Å². The molecule has 4 nitrogen and oxygen atoms in total. The standard InChI is InChI=1S/C17H20N2O2/c1-10-5-6-11(2)16-15(10)13(17(20)21)8-14(19-16)12-4-3-7-18-9-12/h5-6,8,12,18H,3-4,7,9H2,1-2H3,(H,20,21). The summed E-state index contributed by atoms with van der Waals surface area (Å²) in [5, 5.41) is 13.7. The lowest BCUT2D eigenvalue weighted by Gasteiger charge is -2.23. The highest BCUT2D eigenvalue weighted by atomic mass is 16.4. The molecule has 1 saturated heterocycles. The number of aromatic nitrogens is 1. The molecule has 21 heavy (non-hydrogen) atoms. The van der Waals surface area contributed by atoms with Gasteiger partial charge >= 0.3 is 5.97 Å². The van der Waals surface area contributed by atoms with Gasteiger partial charge in [-0.15, -0.1) is 0 Å². The number of hydrogen-bond acceptors (Lipinski definition) is 3. The minimum atomic E-state index is -0.874. The molecular formula is C17H20N2O2. The number of hydrogen-bond donors (Lipinski definition) is 2. The highest BCUT2D eigenvalue weighted by Crippen LogP contribution is 2.29. The van der Waals surface area contributed by atoms with Gasteiger partial charge in [-0.05, 0) is 50.4 Å². The van der Waals surface area contributed by atoms with Crippen LogP contribution in [-0.4, -0.2) is 29.1 Å². The Balaban J connectivity index is 2.24. The quantitative estimate of drug-likeness (QED) is 0.890. The van der Waals surface area contributed by atoms with E-state index in [-0.39, 0.29) is 0 Å². The van der Waals surface area contributed by atoms with Gasteiger partial charge in [0.2, 0.25) is 0 Å². The van der Waals surface area contributed by atoms with Crippen LogP contribution in [0.1, 0.15) is 45.9 Å². The van der Waals surface area contributed by atoms with Crippen LogP contribution in [0.5, 0.6) is 0 Å². The Morgan fingerprint density at radius 1 is 1.33 bits per heavy atom. The average molecular weight is 284 g/mol. The second-order valence-corrected chi connectivity index (χ2v) is 5.87. The molecule has 1 fully saturated rings. The van der Waals surface area contributed by atoms with E-state index < -0.39 is 5.97 Å². The van der Waals surface area contributed by atoms with Crippen molar-refractivity contribution in [3.63, 3.8) is 0 Å². The summed E-state index contributed by atoms with van der Waals surface area (Å²) in [6.45, 7) is 5.84. The Hall–Kier alpha value is -1.94. The molecule has 0 radical (unpaired) electrons. The number of carbonyl (C=O) groups is 1. The van der Waals surface area contributed by atoms with Crippen molar-refractivity contribution in [3.8, 4) is 0 Å². The summed E-state index contributed by atoms with van der Waals surface area (Å²) in [6.07, 6.45) is 2.18. The lowest BCUT2D eigenvalue weighted by molar-refractivity contribution is 0.0698. The van der Waals surface area contributed by atoms with E-state index in [2.05, 4.69) is 5.32 Å². The second-order valence-electron chi connectivity index (χ2n) is 5.87. The molecule has 1 unspecified atom stereocenters. The first-order chi connectivity index (χ1) is 10.1. The summed E-state index contributed by atoms with van der Waals surface area (Å²) in [5.41, 5.74) is 4.11. The third kappa shape index (κ3) is 2.51. The zero-order valence-corrected chi connectivity index (χ0v) is 12.4. The Morgan fingerprint density at radius 2 is 2.10 bits per heavy atom. The molecule has 0 saturated carbocycles. The molecule has 0 spiro atoms. The minimum Gasteiger partial charge on any atom is -0.478 e. The fraction of sp³-hybridized carbons (Fsp3) is 0.412. The van der Waals surface area contributed by atoms with E-state index in [1.54, 1.807) is 6.07 Å². The molecule has 2 heterocycles. The topological polar surface area (TPSA) is 62.2 Å². The maximum absolute atomic E-state index is 11.7. The molecule has 110 valence electrons. The van der Waals surface area contributed by atoms with Crippen LogP contribution in [0.4, 0.5) is 0 Å². The Kier molecular flexibility index (Phi) is 3.64. The molecule has 1 aliphatic heterocycles. The fourth-order valence-electron chi connectivity index (χ4n) is 3.14. The van der Waals surface area contributed by atoms with E-state index in [9.17, 15) is 9.90 Å². The average Bonchev–Trinajstić information content (AvgIpc) is 2.51. The molecule has 2 aromatic rings. The van der Waals surface area contributed by atoms with E-state index in [1.165, 1.54) is 0 Å². The first kappa shape index (κ1) is 14.0. The maximum Gasteiger partial charge on any atom is 0.336 e. The van der Waals surface area contributed by atoms with Crippen molar-refractivity contribution in [2.24, 2.45) is 0 Å². The molecular weight excluding hydrogens is 264 g/mol. The summed E-state index contributed by atoms with van der Waals surface area (Å²) in [4.78, 5) is 16.5. The zero-order chi connectivity index (χ0) is 15.0. The minimum absolute atomic E-state index is 0.307. The number of benzene rings is 1. The van der Waals surface area contributed by atoms with Crippen molar-refractivity contribution >= 4 is 16.9 Å². The number of aryl methyl sites for hydroxylation is 2. The third-order valence-electron chi connectivity index (χ3n) is 4.34. The molecule has 1 aromatic carbocycles. The number of carboxylic acid groups (broad SMARTS) is 1. The van der Waals surface area contributed by atoms with Crippen LogP contribution in [0.15, 0.2) is 18.2 Å². The third-order valence-corrected chi connectivity index (χ3v) is 4.34. The van der Waals surface area contributed by atoms with Crippen molar-refractivity contribution in [1.82, 2.24) is 10.3 Å². The van der Waals surface area contributed by atoms with Gasteiger partial charge in [0.1, 0.15) is 0 Å². The molecule has 0 amide bonds. The zero-order valence-electron chi connectivity index (χ0n) is 12.4. The van der Waals surface area contributed by atoms with Crippen LogP contribution >= 0.6 is 0 Å². The molecule has 4 heteroatoms. The highest BCUT2D eigenvalue weighted by molar-refractivity contribution is 6.04. The normalized spacial score (nSPS) is 18.9. The van der Waals surface area contributed by atoms with Crippen molar-refractivity contribution < 1.29 is 9.90 Å². The Labute approximate surface area is 124 Å². The van der Waals surface area contributed by atoms with E-state index in [0.29, 0.717) is 11.5 Å². The number of rotatable bonds is 2. The molecule has 2 N–H and O–H groups in total. The van der Waals surface area contributed by atoms with Gasteiger partial charge in [-0.2, -0.15) is 0 Å². The van der Waals surface area contributed by atoms with Crippen LogP contribution < -0.4 is 5.32 Å². The molecule has 1 atom stereocenters. The van der Waals surface area contributed by atoms with E-state index >= 15 is 0 Å². The number of pyridine rings is 1. The number of aromatic carboxylic acids is 1. The van der Waals surface area contributed by atoms with Gasteiger partial charge in [-0.3, -0.25) is 4.98 Å². The Morgan fingerprint density at radius 3 is 2.76 bits per heavy atom. The van der Waals surface area contributed by atoms with Gasteiger partial charge in [0, 0.05) is 23.5 Å². The van der Waals surface area contributed by atoms with Crippen molar-refractivity contribution in [1.29, 1.82) is 0 Å². The maximum atomic E-state index is 11.7. The number of fused-ring (bicyclic) bond motifs is 1. The van der Waals surface area contributed by atoms with Gasteiger partial charge in [0.05, 0.1) is 11.1 Å². The molecule has 3 rings (SSSR count). The van der Waals surface area contributed by atoms with Crippen LogP contribution in [-0.2, 0) is 0 Å². The van der Waals surface area contributed by atoms with Crippen molar-refractivity contribution in [3.05, 3.63) is 40.6 Å². The predicted molar refractivity (Wildman–Crippen MR) is 83.0 cm³/mol. The summed E-state index contributed by atoms with van der Waals surface area (Å²) in [6, 6.07) is 5.75. The lowest BCUT2D eigenvalue weighted by Crippen LogP contribution is -2.29. The van der Waals surface area contributed by atoms with Crippen molar-refractivity contribution in [2.75, 3.05) is 13.1 Å². The van der Waals surface area contributed by atoms with Gasteiger partial charge < -0.3 is 10.4 Å². The van der Waals surface area contributed by atoms with E-state index in [4.69, 9.17) is 4.98 Å². The number of nitrogens with zero attached hydrogens (tertiary/aromatic N) is 1. The van der Waals surface area contributed by atoms with Crippen LogP contribution in [0.3, 0.4) is 0 Å². The number of carboxylic acids is 1. The van der Waals surface area contributed by atoms with E-state index in [1.807, 2.05) is 26.0 Å². The highest BCUT2D eigenvalue weighted by Gasteiger charge is 2.21. The Bertz CT molecular complexity index is 703. The van der Waals surface area contributed by atoms with Crippen molar-refractivity contribution in [2.45, 2.75) is 32.6 Å². The van der Waals surface area contributed by atoms with Crippen LogP contribution in [0, 0.1) is 13.8 Å². The number of piperidine rings is 1. The largest absolute Gasteiger partial charge is 0.478 e. The lowest BCUT2D eigenvalue weighted by atomic mass is 9.92. The van der Waals surface area contributed by atoms with Gasteiger partial charge in [0.25, 0.3) is 0 Å². The first-order valence-corrected chi connectivity index (χ1v) is 7.43. The summed E-state index contributed by atoms with van der Waals surface area (Å²) in [7, 11) is 0. The monoisotopic (exact) mass is 284 g/mol. The molecule has 0 bridgehead atoms. The van der Waals surface area contributed by atoms with Crippen LogP contribution in [0.25, 0.3) is 10.9 Å². The number of nitrogens with one attached hydrogen (secondary N) is 1. The summed E-state index contributed by atoms with van der Waals surface area (Å²) < 4.78 is 0. The van der Waals surface area contributed by atoms with E-state index in [0.717, 1.165) is 53.7 Å². The summed E-state index contributed by atoms with van der Waals surface area (Å²) >= 11 is 0. The fourth-order valence-corrected chi connectivity index (χ4v) is 3.14. The second kappa shape index (κ2) is 5.45. The molecule has 1 aliphatic rings. The smallest absolute Gasteiger partial charge is 0.336 e. The molecule has 1 aromatic heterocycles. The van der Waals surface area contributed by atoms with Crippen LogP contribution in [0.2, 0.25) is 0 Å². The summed E-state index contributed by atoms with van der Waals surface area (Å²) in [5.74, 6) is -0.567. The van der Waals surface area contributed by atoms with Gasteiger partial charge in [0.15, 0.2) is 0 Å². The van der Waals surface area contributed by atoms with Gasteiger partial charge in [-0.25, -0.2) is 4.79 Å².